The average molecular weight is 411 g/mol. The minimum Gasteiger partial charge on any atom is -0.244 e. The Morgan fingerprint density at radius 2 is 1.07 bits per heavy atom. The first-order chi connectivity index (χ1) is 12.8. The van der Waals surface area contributed by atoms with Crippen LogP contribution in [0.5, 0.6) is 0 Å². The number of imidazole rings is 4. The van der Waals surface area contributed by atoms with E-state index in [1.807, 2.05) is 0 Å². The Morgan fingerprint density at radius 3 is 1.37 bits per heavy atom. The molecule has 0 fully saturated rings. The van der Waals surface area contributed by atoms with Gasteiger partial charge in [-0.1, -0.05) is 0 Å². The van der Waals surface area contributed by atoms with Gasteiger partial charge in [-0.15, -0.1) is 3.97 Å². The van der Waals surface area contributed by atoms with Crippen molar-refractivity contribution in [3.63, 3.8) is 0 Å². The summed E-state index contributed by atoms with van der Waals surface area (Å²) in [5.41, 5.74) is 0. The summed E-state index contributed by atoms with van der Waals surface area (Å²) >= 11 is 0. The van der Waals surface area contributed by atoms with Crippen LogP contribution in [0.4, 0.5) is 0 Å². The van der Waals surface area contributed by atoms with Crippen LogP contribution < -0.4 is 4.57 Å². The molecule has 14 heteroatoms. The SMILES string of the molecule is C[n+]1ccn(S(=O)(=O)n2ccnc2)c1.O=S(=O)(n1ccnc1)n1ccnc1. The van der Waals surface area contributed by atoms with Crippen LogP contribution >= 0.6 is 0 Å². The molecule has 0 saturated heterocycles. The lowest BCUT2D eigenvalue weighted by atomic mass is 10.9. The van der Waals surface area contributed by atoms with E-state index in [-0.39, 0.29) is 0 Å². The van der Waals surface area contributed by atoms with Gasteiger partial charge in [-0.3, -0.25) is 0 Å². The minimum atomic E-state index is -3.54. The van der Waals surface area contributed by atoms with E-state index < -0.39 is 20.4 Å². The molecule has 0 aliphatic heterocycles. The molecule has 27 heavy (non-hydrogen) atoms. The molecule has 142 valence electrons. The molecule has 4 heterocycles. The van der Waals surface area contributed by atoms with E-state index in [0.29, 0.717) is 0 Å². The largest absolute Gasteiger partial charge is 0.408 e. The monoisotopic (exact) mass is 411 g/mol. The van der Waals surface area contributed by atoms with Gasteiger partial charge in [0.15, 0.2) is 0 Å². The summed E-state index contributed by atoms with van der Waals surface area (Å²) in [6.45, 7) is 0. The van der Waals surface area contributed by atoms with Gasteiger partial charge < -0.3 is 0 Å². The molecule has 0 aromatic carbocycles. The van der Waals surface area contributed by atoms with Gasteiger partial charge in [0.05, 0.1) is 7.05 Å². The van der Waals surface area contributed by atoms with E-state index in [4.69, 9.17) is 0 Å². The van der Waals surface area contributed by atoms with Crippen molar-refractivity contribution in [1.29, 1.82) is 0 Å². The first-order valence-corrected chi connectivity index (χ1v) is 10.1. The van der Waals surface area contributed by atoms with Gasteiger partial charge in [0.1, 0.15) is 31.4 Å². The van der Waals surface area contributed by atoms with Crippen LogP contribution in [0.25, 0.3) is 0 Å². The summed E-state index contributed by atoms with van der Waals surface area (Å²) < 4.78 is 52.6. The molecule has 0 unspecified atom stereocenters. The lowest BCUT2D eigenvalue weighted by Crippen LogP contribution is -2.26. The van der Waals surface area contributed by atoms with Crippen molar-refractivity contribution >= 4 is 20.4 Å². The molecule has 4 aromatic rings. The molecule has 4 aromatic heterocycles. The molecule has 0 amide bonds. The second-order valence-electron chi connectivity index (χ2n) is 5.10. The Morgan fingerprint density at radius 1 is 0.667 bits per heavy atom. The normalized spacial score (nSPS) is 11.7. The maximum absolute atomic E-state index is 11.8. The molecular formula is C13H15N8O4S2+. The molecule has 4 rings (SSSR count). The van der Waals surface area contributed by atoms with Crippen LogP contribution in [-0.2, 0) is 27.5 Å². The molecule has 12 nitrogen and oxygen atoms in total. The van der Waals surface area contributed by atoms with Crippen molar-refractivity contribution in [1.82, 2.24) is 30.8 Å². The summed E-state index contributed by atoms with van der Waals surface area (Å²) in [5.74, 6) is 0. The second-order valence-corrected chi connectivity index (χ2v) is 8.58. The molecular weight excluding hydrogens is 396 g/mol. The fourth-order valence-corrected chi connectivity index (χ4v) is 3.99. The third-order valence-electron chi connectivity index (χ3n) is 3.25. The Labute approximate surface area is 155 Å². The number of nitrogens with zero attached hydrogens (tertiary/aromatic N) is 8. The van der Waals surface area contributed by atoms with Crippen LogP contribution in [0.1, 0.15) is 0 Å². The van der Waals surface area contributed by atoms with Crippen LogP contribution in [0.15, 0.2) is 74.9 Å². The Kier molecular flexibility index (Phi) is 4.91. The maximum Gasteiger partial charge on any atom is 0.408 e. The van der Waals surface area contributed by atoms with Gasteiger partial charge >= 0.3 is 20.4 Å². The highest BCUT2D eigenvalue weighted by Crippen LogP contribution is 2.01. The zero-order valence-corrected chi connectivity index (χ0v) is 15.6. The van der Waals surface area contributed by atoms with E-state index in [2.05, 4.69) is 15.0 Å². The smallest absolute Gasteiger partial charge is 0.244 e. The Hall–Kier alpha value is -3.26. The topological polar surface area (TPSA) is 131 Å². The lowest BCUT2D eigenvalue weighted by molar-refractivity contribution is -0.670. The molecule has 0 bridgehead atoms. The van der Waals surface area contributed by atoms with E-state index in [9.17, 15) is 16.8 Å². The first-order valence-electron chi connectivity index (χ1n) is 7.31. The molecule has 0 saturated carbocycles. The van der Waals surface area contributed by atoms with Crippen molar-refractivity contribution < 1.29 is 21.4 Å². The van der Waals surface area contributed by atoms with Gasteiger partial charge in [0.25, 0.3) is 6.33 Å². The number of hydrogen-bond acceptors (Lipinski definition) is 7. The van der Waals surface area contributed by atoms with Gasteiger partial charge in [-0.25, -0.2) is 27.5 Å². The maximum atomic E-state index is 11.8. The summed E-state index contributed by atoms with van der Waals surface area (Å²) in [5, 5.41) is 0. The standard InChI is InChI=1S/C7H9N4O2S.C6H6N4O2S/c1-9-4-5-11(7-9)14(12,13)10-3-2-8-6-10;11-13(12,9-3-1-7-5-9)10-4-2-8-6-10/h2-7H,1H3;1-6H/q+1;. The fourth-order valence-electron chi connectivity index (χ4n) is 1.93. The second kappa shape index (κ2) is 7.16. The zero-order chi connectivity index (χ0) is 19.5. The minimum absolute atomic E-state index is 1.01. The van der Waals surface area contributed by atoms with E-state index >= 15 is 0 Å². The van der Waals surface area contributed by atoms with Crippen molar-refractivity contribution in [3.05, 3.63) is 74.9 Å². The quantitative estimate of drug-likeness (QED) is 0.388. The van der Waals surface area contributed by atoms with Crippen molar-refractivity contribution in [3.8, 4) is 0 Å². The predicted molar refractivity (Wildman–Crippen MR) is 91.7 cm³/mol. The van der Waals surface area contributed by atoms with Gasteiger partial charge in [0.2, 0.25) is 0 Å². The van der Waals surface area contributed by atoms with Crippen LogP contribution in [0.2, 0.25) is 0 Å². The Balaban J connectivity index is 0.000000156. The van der Waals surface area contributed by atoms with Crippen LogP contribution in [-0.4, -0.2) is 47.7 Å². The zero-order valence-electron chi connectivity index (χ0n) is 14.0. The van der Waals surface area contributed by atoms with Gasteiger partial charge in [0, 0.05) is 37.2 Å². The first kappa shape index (κ1) is 18.5. The molecule has 0 N–H and O–H groups in total. The van der Waals surface area contributed by atoms with Crippen LogP contribution in [0, 0.1) is 0 Å². The lowest BCUT2D eigenvalue weighted by Gasteiger charge is -2.03. The highest BCUT2D eigenvalue weighted by atomic mass is 32.2. The number of aromatic nitrogens is 8. The number of hydrogen-bond donors (Lipinski definition) is 0. The fraction of sp³-hybridized carbons (Fsp3) is 0.0769. The molecule has 0 spiro atoms. The van der Waals surface area contributed by atoms with Crippen molar-refractivity contribution in [2.75, 3.05) is 0 Å². The molecule has 0 aliphatic carbocycles. The molecule has 0 atom stereocenters. The summed E-state index contributed by atoms with van der Waals surface area (Å²) in [6.07, 6.45) is 16.6. The van der Waals surface area contributed by atoms with Crippen LogP contribution in [0.3, 0.4) is 0 Å². The van der Waals surface area contributed by atoms with E-state index in [0.717, 1.165) is 15.9 Å². The van der Waals surface area contributed by atoms with Crippen molar-refractivity contribution in [2.24, 2.45) is 7.05 Å². The highest BCUT2D eigenvalue weighted by molar-refractivity contribution is 7.88. The van der Waals surface area contributed by atoms with Gasteiger partial charge in [-0.05, 0) is 0 Å². The molecule has 0 aliphatic rings. The van der Waals surface area contributed by atoms with Gasteiger partial charge in [-0.2, -0.15) is 20.8 Å². The number of aryl methyl sites for hydroxylation is 1. The summed E-state index contributed by atoms with van der Waals surface area (Å²) in [4.78, 5) is 11.0. The highest BCUT2D eigenvalue weighted by Gasteiger charge is 2.20. The third-order valence-corrected chi connectivity index (χ3v) is 6.25. The Bertz CT molecular complexity index is 1150. The van der Waals surface area contributed by atoms with E-state index in [1.54, 1.807) is 17.8 Å². The van der Waals surface area contributed by atoms with Crippen molar-refractivity contribution in [2.45, 2.75) is 0 Å². The summed E-state index contributed by atoms with van der Waals surface area (Å²) in [7, 11) is -5.32. The predicted octanol–water partition coefficient (Wildman–Crippen LogP) is -1.13. The average Bonchev–Trinajstić information content (AvgIpc) is 3.44. The third kappa shape index (κ3) is 3.80. The summed E-state index contributed by atoms with van der Waals surface area (Å²) in [6, 6.07) is 0. The molecule has 0 radical (unpaired) electrons. The number of rotatable bonds is 4. The van der Waals surface area contributed by atoms with E-state index in [1.165, 1.54) is 68.7 Å².